The van der Waals surface area contributed by atoms with Crippen LogP contribution in [0, 0.1) is 0 Å². The number of ether oxygens (including phenoxy) is 1. The Hall–Kier alpha value is -0.820. The third-order valence-electron chi connectivity index (χ3n) is 3.05. The summed E-state index contributed by atoms with van der Waals surface area (Å²) >= 11 is 0. The van der Waals surface area contributed by atoms with Crippen molar-refractivity contribution < 1.29 is 4.74 Å². The van der Waals surface area contributed by atoms with E-state index in [9.17, 15) is 0 Å². The van der Waals surface area contributed by atoms with Crippen LogP contribution in [0.5, 0.6) is 0 Å². The standard InChI is InChI=1S/C13H18O/c1-3-10(2)13-7-5-4-6-11(13)8-12-9-14-12/h4-7,10,12H,3,8-9H2,1-2H3. The second kappa shape index (κ2) is 4.14. The van der Waals surface area contributed by atoms with Gasteiger partial charge in [-0.15, -0.1) is 0 Å². The molecule has 1 aliphatic heterocycles. The molecule has 1 aromatic rings. The molecule has 0 spiro atoms. The Labute approximate surface area is 86.1 Å². The molecule has 1 fully saturated rings. The van der Waals surface area contributed by atoms with Gasteiger partial charge < -0.3 is 4.74 Å². The summed E-state index contributed by atoms with van der Waals surface area (Å²) in [4.78, 5) is 0. The zero-order valence-electron chi connectivity index (χ0n) is 8.99. The van der Waals surface area contributed by atoms with Crippen molar-refractivity contribution in [2.24, 2.45) is 0 Å². The van der Waals surface area contributed by atoms with Crippen molar-refractivity contribution in [1.82, 2.24) is 0 Å². The Morgan fingerprint density at radius 2 is 2.14 bits per heavy atom. The lowest BCUT2D eigenvalue weighted by atomic mass is 9.92. The van der Waals surface area contributed by atoms with Crippen LogP contribution in [0.1, 0.15) is 37.3 Å². The van der Waals surface area contributed by atoms with Crippen LogP contribution in [0.2, 0.25) is 0 Å². The van der Waals surface area contributed by atoms with E-state index in [2.05, 4.69) is 38.1 Å². The molecule has 0 aliphatic carbocycles. The van der Waals surface area contributed by atoms with Crippen molar-refractivity contribution >= 4 is 0 Å². The van der Waals surface area contributed by atoms with E-state index in [0.717, 1.165) is 13.0 Å². The first kappa shape index (κ1) is 9.72. The first-order valence-corrected chi connectivity index (χ1v) is 5.50. The lowest BCUT2D eigenvalue weighted by molar-refractivity contribution is 0.407. The van der Waals surface area contributed by atoms with Gasteiger partial charge in [-0.25, -0.2) is 0 Å². The van der Waals surface area contributed by atoms with Gasteiger partial charge in [0, 0.05) is 6.42 Å². The van der Waals surface area contributed by atoms with E-state index in [1.807, 2.05) is 0 Å². The van der Waals surface area contributed by atoms with E-state index in [4.69, 9.17) is 4.74 Å². The third kappa shape index (κ3) is 2.16. The van der Waals surface area contributed by atoms with E-state index < -0.39 is 0 Å². The predicted octanol–water partition coefficient (Wildman–Crippen LogP) is 3.14. The van der Waals surface area contributed by atoms with Gasteiger partial charge >= 0.3 is 0 Å². The van der Waals surface area contributed by atoms with Crippen molar-refractivity contribution in [1.29, 1.82) is 0 Å². The summed E-state index contributed by atoms with van der Waals surface area (Å²) in [6.45, 7) is 5.50. The summed E-state index contributed by atoms with van der Waals surface area (Å²) in [5.74, 6) is 0.671. The third-order valence-corrected chi connectivity index (χ3v) is 3.05. The molecule has 0 radical (unpaired) electrons. The lowest BCUT2D eigenvalue weighted by Crippen LogP contribution is -2.01. The second-order valence-corrected chi connectivity index (χ2v) is 4.17. The highest BCUT2D eigenvalue weighted by molar-refractivity contribution is 5.31. The quantitative estimate of drug-likeness (QED) is 0.664. The molecule has 0 aromatic heterocycles. The van der Waals surface area contributed by atoms with Crippen LogP contribution in [0.3, 0.4) is 0 Å². The number of benzene rings is 1. The molecule has 2 unspecified atom stereocenters. The monoisotopic (exact) mass is 190 g/mol. The molecule has 1 heterocycles. The molecule has 76 valence electrons. The molecule has 1 heteroatoms. The van der Waals surface area contributed by atoms with Gasteiger partial charge in [0.15, 0.2) is 0 Å². The van der Waals surface area contributed by atoms with Crippen LogP contribution in [0.4, 0.5) is 0 Å². The largest absolute Gasteiger partial charge is 0.373 e. The van der Waals surface area contributed by atoms with Crippen LogP contribution in [0.25, 0.3) is 0 Å². The van der Waals surface area contributed by atoms with Crippen LogP contribution in [-0.4, -0.2) is 12.7 Å². The van der Waals surface area contributed by atoms with Gasteiger partial charge in [-0.05, 0) is 23.5 Å². The molecular formula is C13H18O. The smallest absolute Gasteiger partial charge is 0.0850 e. The zero-order chi connectivity index (χ0) is 9.97. The summed E-state index contributed by atoms with van der Waals surface area (Å²) in [6.07, 6.45) is 2.81. The lowest BCUT2D eigenvalue weighted by Gasteiger charge is -2.13. The highest BCUT2D eigenvalue weighted by Gasteiger charge is 2.24. The van der Waals surface area contributed by atoms with Gasteiger partial charge in [0.25, 0.3) is 0 Å². The van der Waals surface area contributed by atoms with Crippen molar-refractivity contribution in [2.75, 3.05) is 6.61 Å². The van der Waals surface area contributed by atoms with Gasteiger partial charge in [0.05, 0.1) is 12.7 Å². The number of rotatable bonds is 4. The van der Waals surface area contributed by atoms with Crippen LogP contribution < -0.4 is 0 Å². The Morgan fingerprint density at radius 1 is 1.43 bits per heavy atom. The number of hydrogen-bond acceptors (Lipinski definition) is 1. The molecule has 14 heavy (non-hydrogen) atoms. The normalized spacial score (nSPS) is 22.0. The van der Waals surface area contributed by atoms with Gasteiger partial charge in [0.2, 0.25) is 0 Å². The fourth-order valence-electron chi connectivity index (χ4n) is 1.85. The van der Waals surface area contributed by atoms with E-state index in [1.54, 1.807) is 0 Å². The maximum absolute atomic E-state index is 5.28. The molecule has 0 bridgehead atoms. The topological polar surface area (TPSA) is 12.5 Å². The first-order chi connectivity index (χ1) is 6.81. The molecule has 1 nitrogen and oxygen atoms in total. The molecule has 1 aromatic carbocycles. The first-order valence-electron chi connectivity index (χ1n) is 5.50. The molecule has 0 amide bonds. The Morgan fingerprint density at radius 3 is 2.79 bits per heavy atom. The van der Waals surface area contributed by atoms with E-state index >= 15 is 0 Å². The summed E-state index contributed by atoms with van der Waals surface area (Å²) in [5.41, 5.74) is 2.98. The maximum atomic E-state index is 5.28. The van der Waals surface area contributed by atoms with Crippen molar-refractivity contribution in [2.45, 2.75) is 38.7 Å². The summed E-state index contributed by atoms with van der Waals surface area (Å²) < 4.78 is 5.28. The van der Waals surface area contributed by atoms with Gasteiger partial charge in [0.1, 0.15) is 0 Å². The van der Waals surface area contributed by atoms with Gasteiger partial charge in [-0.2, -0.15) is 0 Å². The minimum absolute atomic E-state index is 0.500. The Bertz CT molecular complexity index is 302. The maximum Gasteiger partial charge on any atom is 0.0850 e. The number of epoxide rings is 1. The van der Waals surface area contributed by atoms with Crippen LogP contribution in [-0.2, 0) is 11.2 Å². The van der Waals surface area contributed by atoms with E-state index in [-0.39, 0.29) is 0 Å². The molecule has 1 aliphatic rings. The second-order valence-electron chi connectivity index (χ2n) is 4.17. The highest BCUT2D eigenvalue weighted by Crippen LogP contribution is 2.26. The molecule has 0 N–H and O–H groups in total. The Kier molecular flexibility index (Phi) is 2.87. The van der Waals surface area contributed by atoms with E-state index in [1.165, 1.54) is 17.5 Å². The molecular weight excluding hydrogens is 172 g/mol. The summed E-state index contributed by atoms with van der Waals surface area (Å²) in [7, 11) is 0. The Balaban J connectivity index is 2.18. The fraction of sp³-hybridized carbons (Fsp3) is 0.538. The van der Waals surface area contributed by atoms with E-state index in [0.29, 0.717) is 12.0 Å². The average Bonchev–Trinajstić information content (AvgIpc) is 3.01. The number of hydrogen-bond donors (Lipinski definition) is 0. The predicted molar refractivity (Wildman–Crippen MR) is 58.6 cm³/mol. The molecule has 1 saturated heterocycles. The van der Waals surface area contributed by atoms with Crippen LogP contribution >= 0.6 is 0 Å². The van der Waals surface area contributed by atoms with Crippen molar-refractivity contribution in [3.8, 4) is 0 Å². The van der Waals surface area contributed by atoms with Crippen LogP contribution in [0.15, 0.2) is 24.3 Å². The average molecular weight is 190 g/mol. The molecule has 0 saturated carbocycles. The fourth-order valence-corrected chi connectivity index (χ4v) is 1.85. The summed E-state index contributed by atoms with van der Waals surface area (Å²) in [6, 6.07) is 8.76. The molecule has 2 rings (SSSR count). The van der Waals surface area contributed by atoms with Crippen molar-refractivity contribution in [3.05, 3.63) is 35.4 Å². The van der Waals surface area contributed by atoms with Crippen molar-refractivity contribution in [3.63, 3.8) is 0 Å². The van der Waals surface area contributed by atoms with Gasteiger partial charge in [-0.3, -0.25) is 0 Å². The summed E-state index contributed by atoms with van der Waals surface area (Å²) in [5, 5.41) is 0. The van der Waals surface area contributed by atoms with Gasteiger partial charge in [-0.1, -0.05) is 38.1 Å². The zero-order valence-corrected chi connectivity index (χ0v) is 8.99. The SMILES string of the molecule is CCC(C)c1ccccc1CC1CO1. The molecule has 2 atom stereocenters. The highest BCUT2D eigenvalue weighted by atomic mass is 16.6. The minimum atomic E-state index is 0.500. The minimum Gasteiger partial charge on any atom is -0.373 e.